The molecule has 0 atom stereocenters. The molecule has 0 radical (unpaired) electrons. The summed E-state index contributed by atoms with van der Waals surface area (Å²) >= 11 is 17.5. The highest BCUT2D eigenvalue weighted by Crippen LogP contribution is 2.23. The van der Waals surface area contributed by atoms with E-state index in [4.69, 9.17) is 44.9 Å². The Bertz CT molecular complexity index is 960. The minimum Gasteiger partial charge on any atom is -0.497 e. The van der Waals surface area contributed by atoms with Gasteiger partial charge in [0, 0.05) is 12.1 Å². The Morgan fingerprint density at radius 3 is 2.17 bits per heavy atom. The molecule has 0 aliphatic carbocycles. The summed E-state index contributed by atoms with van der Waals surface area (Å²) in [6, 6.07) is 21.2. The van der Waals surface area contributed by atoms with Crippen LogP contribution in [0.15, 0.2) is 66.7 Å². The fourth-order valence-electron chi connectivity index (χ4n) is 2.71. The van der Waals surface area contributed by atoms with Crippen molar-refractivity contribution < 1.29 is 9.47 Å². The molecule has 6 heteroatoms. The fourth-order valence-corrected chi connectivity index (χ4v) is 3.27. The van der Waals surface area contributed by atoms with Gasteiger partial charge in [-0.15, -0.1) is 0 Å². The van der Waals surface area contributed by atoms with E-state index in [-0.39, 0.29) is 0 Å². The molecule has 0 amide bonds. The normalized spacial score (nSPS) is 10.4. The van der Waals surface area contributed by atoms with Crippen molar-refractivity contribution in [2.75, 3.05) is 13.7 Å². The molecule has 0 spiro atoms. The van der Waals surface area contributed by atoms with Gasteiger partial charge in [0.05, 0.1) is 17.2 Å². The number of hydrogen-bond donors (Lipinski definition) is 1. The zero-order valence-corrected chi connectivity index (χ0v) is 18.3. The van der Waals surface area contributed by atoms with E-state index in [1.807, 2.05) is 42.5 Å². The molecule has 0 saturated heterocycles. The molecule has 3 aromatic carbocycles. The first kappa shape index (κ1) is 21.4. The van der Waals surface area contributed by atoms with Gasteiger partial charge in [0.1, 0.15) is 23.1 Å². The summed E-state index contributed by atoms with van der Waals surface area (Å²) in [5, 5.41) is 4.35. The molecule has 0 fully saturated rings. The summed E-state index contributed by atoms with van der Waals surface area (Å²) in [6.07, 6.45) is 0.884. The number of nitrogens with one attached hydrogen (secondary N) is 1. The SMILES string of the molecule is COc1ccc(CCNC(=S)c2ccc(OCc3ccc(Cl)c(Cl)c3)cc2)cc1. The molecule has 150 valence electrons. The zero-order valence-electron chi connectivity index (χ0n) is 16.0. The molecule has 3 rings (SSSR count). The second kappa shape index (κ2) is 10.5. The monoisotopic (exact) mass is 445 g/mol. The van der Waals surface area contributed by atoms with Crippen LogP contribution >= 0.6 is 35.4 Å². The number of thiocarbonyl (C=S) groups is 1. The van der Waals surface area contributed by atoms with Crippen molar-refractivity contribution in [3.63, 3.8) is 0 Å². The Hall–Kier alpha value is -2.27. The maximum Gasteiger partial charge on any atom is 0.119 e. The Kier molecular flexibility index (Phi) is 7.76. The number of ether oxygens (including phenoxy) is 2. The van der Waals surface area contributed by atoms with Gasteiger partial charge in [0.2, 0.25) is 0 Å². The zero-order chi connectivity index (χ0) is 20.6. The van der Waals surface area contributed by atoms with Crippen LogP contribution in [0, 0.1) is 0 Å². The molecule has 0 heterocycles. The quantitative estimate of drug-likeness (QED) is 0.425. The number of benzene rings is 3. The van der Waals surface area contributed by atoms with Crippen LogP contribution in [0.3, 0.4) is 0 Å². The summed E-state index contributed by atoms with van der Waals surface area (Å²) in [6.45, 7) is 1.18. The lowest BCUT2D eigenvalue weighted by molar-refractivity contribution is 0.306. The van der Waals surface area contributed by atoms with Crippen molar-refractivity contribution in [1.82, 2.24) is 5.32 Å². The van der Waals surface area contributed by atoms with E-state index in [0.717, 1.165) is 40.6 Å². The van der Waals surface area contributed by atoms with Gasteiger partial charge in [-0.1, -0.05) is 53.6 Å². The molecule has 3 nitrogen and oxygen atoms in total. The topological polar surface area (TPSA) is 30.5 Å². The molecule has 1 N–H and O–H groups in total. The standard InChI is InChI=1S/C23H21Cl2NO2S/c1-27-19-7-2-16(3-8-19)12-13-26-23(29)18-5-9-20(10-6-18)28-15-17-4-11-21(24)22(25)14-17/h2-11,14H,12-13,15H2,1H3,(H,26,29). The van der Waals surface area contributed by atoms with E-state index < -0.39 is 0 Å². The van der Waals surface area contributed by atoms with Crippen LogP contribution in [-0.2, 0) is 13.0 Å². The molecular weight excluding hydrogens is 425 g/mol. The summed E-state index contributed by atoms with van der Waals surface area (Å²) < 4.78 is 11.0. The second-order valence-electron chi connectivity index (χ2n) is 6.42. The van der Waals surface area contributed by atoms with Crippen molar-refractivity contribution in [1.29, 1.82) is 0 Å². The number of halogens is 2. The summed E-state index contributed by atoms with van der Waals surface area (Å²) in [5.74, 6) is 1.62. The molecule has 0 aliphatic rings. The summed E-state index contributed by atoms with van der Waals surface area (Å²) in [4.78, 5) is 0.717. The highest BCUT2D eigenvalue weighted by atomic mass is 35.5. The third-order valence-corrected chi connectivity index (χ3v) is 5.48. The lowest BCUT2D eigenvalue weighted by Crippen LogP contribution is -2.24. The van der Waals surface area contributed by atoms with Crippen LogP contribution in [0.5, 0.6) is 11.5 Å². The van der Waals surface area contributed by atoms with Crippen molar-refractivity contribution in [3.05, 3.63) is 93.5 Å². The average molecular weight is 446 g/mol. The van der Waals surface area contributed by atoms with Gasteiger partial charge in [-0.3, -0.25) is 0 Å². The molecule has 29 heavy (non-hydrogen) atoms. The van der Waals surface area contributed by atoms with E-state index >= 15 is 0 Å². The maximum atomic E-state index is 6.03. The third-order valence-electron chi connectivity index (χ3n) is 4.36. The van der Waals surface area contributed by atoms with E-state index in [1.165, 1.54) is 5.56 Å². The highest BCUT2D eigenvalue weighted by molar-refractivity contribution is 7.80. The molecule has 0 aromatic heterocycles. The van der Waals surface area contributed by atoms with Crippen molar-refractivity contribution in [2.45, 2.75) is 13.0 Å². The minimum absolute atomic E-state index is 0.417. The van der Waals surface area contributed by atoms with Crippen LogP contribution in [0.4, 0.5) is 0 Å². The lowest BCUT2D eigenvalue weighted by atomic mass is 10.1. The molecule has 0 unspecified atom stereocenters. The first-order chi connectivity index (χ1) is 14.0. The second-order valence-corrected chi connectivity index (χ2v) is 7.64. The molecule has 0 saturated carbocycles. The van der Waals surface area contributed by atoms with E-state index in [0.29, 0.717) is 16.7 Å². The Balaban J connectivity index is 1.47. The van der Waals surface area contributed by atoms with Crippen molar-refractivity contribution in [2.24, 2.45) is 0 Å². The predicted octanol–water partition coefficient (Wildman–Crippen LogP) is 6.09. The van der Waals surface area contributed by atoms with Crippen molar-refractivity contribution >= 4 is 40.4 Å². The van der Waals surface area contributed by atoms with Gasteiger partial charge in [0.25, 0.3) is 0 Å². The Morgan fingerprint density at radius 1 is 0.862 bits per heavy atom. The molecule has 0 aliphatic heterocycles. The molecule has 0 bridgehead atoms. The van der Waals surface area contributed by atoms with E-state index in [1.54, 1.807) is 19.2 Å². The van der Waals surface area contributed by atoms with Gasteiger partial charge in [-0.05, 0) is 66.1 Å². The van der Waals surface area contributed by atoms with Crippen LogP contribution in [0.1, 0.15) is 16.7 Å². The van der Waals surface area contributed by atoms with Gasteiger partial charge in [0.15, 0.2) is 0 Å². The molecular formula is C23H21Cl2NO2S. The van der Waals surface area contributed by atoms with Crippen LogP contribution in [0.25, 0.3) is 0 Å². The fraction of sp³-hybridized carbons (Fsp3) is 0.174. The Morgan fingerprint density at radius 2 is 1.52 bits per heavy atom. The minimum atomic E-state index is 0.417. The Labute approximate surface area is 186 Å². The van der Waals surface area contributed by atoms with Gasteiger partial charge >= 0.3 is 0 Å². The van der Waals surface area contributed by atoms with Crippen LogP contribution < -0.4 is 14.8 Å². The van der Waals surface area contributed by atoms with Crippen LogP contribution in [0.2, 0.25) is 10.0 Å². The summed E-state index contributed by atoms with van der Waals surface area (Å²) in [5.41, 5.74) is 3.14. The van der Waals surface area contributed by atoms with Gasteiger partial charge in [-0.2, -0.15) is 0 Å². The summed E-state index contributed by atoms with van der Waals surface area (Å²) in [7, 11) is 1.67. The van der Waals surface area contributed by atoms with Gasteiger partial charge < -0.3 is 14.8 Å². The smallest absolute Gasteiger partial charge is 0.119 e. The first-order valence-corrected chi connectivity index (χ1v) is 10.3. The number of hydrogen-bond acceptors (Lipinski definition) is 3. The third kappa shape index (κ3) is 6.36. The first-order valence-electron chi connectivity index (χ1n) is 9.13. The average Bonchev–Trinajstić information content (AvgIpc) is 2.75. The van der Waals surface area contributed by atoms with Crippen LogP contribution in [-0.4, -0.2) is 18.6 Å². The van der Waals surface area contributed by atoms with E-state index in [9.17, 15) is 0 Å². The van der Waals surface area contributed by atoms with Crippen molar-refractivity contribution in [3.8, 4) is 11.5 Å². The van der Waals surface area contributed by atoms with Gasteiger partial charge in [-0.25, -0.2) is 0 Å². The lowest BCUT2D eigenvalue weighted by Gasteiger charge is -2.10. The molecule has 3 aromatic rings. The van der Waals surface area contributed by atoms with E-state index in [2.05, 4.69) is 17.4 Å². The number of methoxy groups -OCH3 is 1. The largest absolute Gasteiger partial charge is 0.497 e. The maximum absolute atomic E-state index is 6.03. The number of rotatable bonds is 8. The highest BCUT2D eigenvalue weighted by Gasteiger charge is 2.04. The predicted molar refractivity (Wildman–Crippen MR) is 124 cm³/mol.